The molecule has 0 atom stereocenters. The van der Waals surface area contributed by atoms with Crippen LogP contribution in [0.2, 0.25) is 0 Å². The summed E-state index contributed by atoms with van der Waals surface area (Å²) in [6.45, 7) is 2.49. The molecule has 8 nitrogen and oxygen atoms in total. The van der Waals surface area contributed by atoms with Gasteiger partial charge in [0.1, 0.15) is 12.4 Å². The van der Waals surface area contributed by atoms with Gasteiger partial charge < -0.3 is 10.2 Å². The summed E-state index contributed by atoms with van der Waals surface area (Å²) in [5.74, 6) is -0.0663. The Bertz CT molecular complexity index is 1360. The molecule has 3 aromatic rings. The van der Waals surface area contributed by atoms with Gasteiger partial charge in [-0.2, -0.15) is 0 Å². The van der Waals surface area contributed by atoms with Gasteiger partial charge in [-0.25, -0.2) is 13.4 Å². The third kappa shape index (κ3) is 3.82. The molecule has 2 aliphatic heterocycles. The number of hydrogen-bond donors (Lipinski definition) is 1. The Morgan fingerprint density at radius 3 is 2.55 bits per heavy atom. The molecule has 0 aliphatic carbocycles. The molecule has 0 bridgehead atoms. The van der Waals surface area contributed by atoms with Crippen molar-refractivity contribution in [3.8, 4) is 0 Å². The lowest BCUT2D eigenvalue weighted by Crippen LogP contribution is -2.46. The number of pyridine rings is 1. The predicted molar refractivity (Wildman–Crippen MR) is 125 cm³/mol. The highest BCUT2D eigenvalue weighted by atomic mass is 32.2. The Hall–Kier alpha value is -3.46. The fraction of sp³-hybridized carbons (Fsp3) is 0.292. The second-order valence-corrected chi connectivity index (χ2v) is 10.3. The van der Waals surface area contributed by atoms with Crippen LogP contribution in [0, 0.1) is 12.8 Å². The molecule has 1 saturated heterocycles. The number of aromatic nitrogens is 1. The van der Waals surface area contributed by atoms with E-state index in [1.54, 1.807) is 35.4 Å². The summed E-state index contributed by atoms with van der Waals surface area (Å²) in [4.78, 5) is 31.7. The van der Waals surface area contributed by atoms with E-state index in [0.29, 0.717) is 42.8 Å². The van der Waals surface area contributed by atoms with Crippen LogP contribution in [0.3, 0.4) is 0 Å². The maximum absolute atomic E-state index is 13.1. The molecule has 0 unspecified atom stereocenters. The van der Waals surface area contributed by atoms with Crippen molar-refractivity contribution >= 4 is 44.1 Å². The second-order valence-electron chi connectivity index (χ2n) is 8.51. The van der Waals surface area contributed by atoms with E-state index in [4.69, 9.17) is 0 Å². The number of carbonyl (C=O) groups is 2. The van der Waals surface area contributed by atoms with Gasteiger partial charge in [-0.05, 0) is 55.0 Å². The van der Waals surface area contributed by atoms with Gasteiger partial charge in [0.2, 0.25) is 11.8 Å². The van der Waals surface area contributed by atoms with Crippen LogP contribution in [0.1, 0.15) is 18.4 Å². The monoisotopic (exact) mass is 464 g/mol. The van der Waals surface area contributed by atoms with Gasteiger partial charge in [-0.3, -0.25) is 13.9 Å². The number of amides is 2. The molecule has 2 aromatic carbocycles. The Labute approximate surface area is 192 Å². The number of anilines is 2. The third-order valence-corrected chi connectivity index (χ3v) is 8.15. The molecule has 2 amide bonds. The number of carbonyl (C=O) groups excluding carboxylic acids is 2. The van der Waals surface area contributed by atoms with Gasteiger partial charge in [0.25, 0.3) is 10.0 Å². The molecule has 3 heterocycles. The number of sulfonamides is 1. The average molecular weight is 465 g/mol. The smallest absolute Gasteiger partial charge is 0.265 e. The highest BCUT2D eigenvalue weighted by Crippen LogP contribution is 2.41. The van der Waals surface area contributed by atoms with Gasteiger partial charge in [-0.15, -0.1) is 0 Å². The molecule has 1 fully saturated rings. The summed E-state index contributed by atoms with van der Waals surface area (Å²) >= 11 is 0. The van der Waals surface area contributed by atoms with Crippen molar-refractivity contribution < 1.29 is 18.0 Å². The molecule has 2 aliphatic rings. The van der Waals surface area contributed by atoms with Crippen LogP contribution in [0.5, 0.6) is 0 Å². The van der Waals surface area contributed by atoms with E-state index in [9.17, 15) is 18.0 Å². The van der Waals surface area contributed by atoms with E-state index in [1.807, 2.05) is 31.2 Å². The van der Waals surface area contributed by atoms with E-state index in [1.165, 1.54) is 4.31 Å². The zero-order valence-corrected chi connectivity index (χ0v) is 19.0. The lowest BCUT2D eigenvalue weighted by Gasteiger charge is -2.32. The minimum absolute atomic E-state index is 0.107. The molecule has 0 saturated carbocycles. The number of aryl methyl sites for hydroxylation is 1. The number of hydrogen-bond acceptors (Lipinski definition) is 5. The largest absolute Gasteiger partial charge is 0.341 e. The highest BCUT2D eigenvalue weighted by Gasteiger charge is 2.38. The zero-order valence-electron chi connectivity index (χ0n) is 18.2. The van der Waals surface area contributed by atoms with Crippen molar-refractivity contribution in [2.24, 2.45) is 5.92 Å². The first kappa shape index (κ1) is 21.4. The minimum atomic E-state index is -3.78. The van der Waals surface area contributed by atoms with Crippen molar-refractivity contribution in [2.75, 3.05) is 29.3 Å². The summed E-state index contributed by atoms with van der Waals surface area (Å²) < 4.78 is 27.4. The summed E-state index contributed by atoms with van der Waals surface area (Å²) in [6.07, 6.45) is 2.69. The number of piperidine rings is 1. The fourth-order valence-electron chi connectivity index (χ4n) is 4.58. The summed E-state index contributed by atoms with van der Waals surface area (Å²) in [6, 6.07) is 14.2. The predicted octanol–water partition coefficient (Wildman–Crippen LogP) is 2.93. The molecule has 33 heavy (non-hydrogen) atoms. The molecule has 0 spiro atoms. The van der Waals surface area contributed by atoms with Gasteiger partial charge >= 0.3 is 0 Å². The van der Waals surface area contributed by atoms with Crippen LogP contribution < -0.4 is 9.62 Å². The Morgan fingerprint density at radius 1 is 1.09 bits per heavy atom. The average Bonchev–Trinajstić information content (AvgIpc) is 3.02. The lowest BCUT2D eigenvalue weighted by atomic mass is 9.96. The number of rotatable bonds is 4. The quantitative estimate of drug-likeness (QED) is 0.640. The molecule has 0 radical (unpaired) electrons. The van der Waals surface area contributed by atoms with E-state index < -0.39 is 10.0 Å². The number of likely N-dealkylation sites (tertiary alicyclic amines) is 1. The number of benzene rings is 2. The third-order valence-electron chi connectivity index (χ3n) is 6.35. The topological polar surface area (TPSA) is 99.7 Å². The molecular formula is C24H24N4O4S. The van der Waals surface area contributed by atoms with E-state index in [2.05, 4.69) is 10.3 Å². The number of nitrogens with one attached hydrogen (secondary N) is 1. The van der Waals surface area contributed by atoms with Crippen LogP contribution in [-0.4, -0.2) is 49.8 Å². The summed E-state index contributed by atoms with van der Waals surface area (Å²) in [5, 5.41) is 4.34. The first-order valence-corrected chi connectivity index (χ1v) is 12.3. The Balaban J connectivity index is 1.24. The molecule has 5 rings (SSSR count). The van der Waals surface area contributed by atoms with E-state index >= 15 is 0 Å². The van der Waals surface area contributed by atoms with E-state index in [0.717, 1.165) is 10.9 Å². The molecular weight excluding hydrogens is 440 g/mol. The standard InChI is InChI=1S/C24H24N4O4S/c1-16-8-11-25-21(14-16)26-24(30)18-9-12-27(13-10-18)22(29)15-28-19-6-2-4-17-5-3-7-20(23(17)19)33(28,31)32/h2-8,11,14,18H,9-10,12-13,15H2,1H3,(H,25,26,30). The Kier molecular flexibility index (Phi) is 5.28. The van der Waals surface area contributed by atoms with Crippen LogP contribution in [0.25, 0.3) is 10.8 Å². The lowest BCUT2D eigenvalue weighted by molar-refractivity contribution is -0.133. The van der Waals surface area contributed by atoms with Gasteiger partial charge in [0.05, 0.1) is 10.6 Å². The number of nitrogens with zero attached hydrogens (tertiary/aromatic N) is 3. The van der Waals surface area contributed by atoms with Crippen molar-refractivity contribution in [3.05, 3.63) is 60.3 Å². The summed E-state index contributed by atoms with van der Waals surface area (Å²) in [7, 11) is -3.78. The zero-order chi connectivity index (χ0) is 23.2. The van der Waals surface area contributed by atoms with Gasteiger partial charge in [-0.1, -0.05) is 24.3 Å². The van der Waals surface area contributed by atoms with Crippen LogP contribution in [0.15, 0.2) is 59.6 Å². The van der Waals surface area contributed by atoms with E-state index in [-0.39, 0.29) is 29.2 Å². The maximum Gasteiger partial charge on any atom is 0.265 e. The SMILES string of the molecule is Cc1ccnc(NC(=O)C2CCN(C(=O)CN3c4cccc5cccc(c45)S3(=O)=O)CC2)c1. The normalized spacial score (nSPS) is 17.4. The first-order valence-electron chi connectivity index (χ1n) is 10.9. The fourth-order valence-corrected chi connectivity index (χ4v) is 6.24. The van der Waals surface area contributed by atoms with Gasteiger partial charge in [0.15, 0.2) is 0 Å². The molecule has 1 aromatic heterocycles. The van der Waals surface area contributed by atoms with Crippen molar-refractivity contribution in [2.45, 2.75) is 24.7 Å². The Morgan fingerprint density at radius 2 is 1.82 bits per heavy atom. The second kappa shape index (κ2) is 8.15. The van der Waals surface area contributed by atoms with Crippen molar-refractivity contribution in [1.29, 1.82) is 0 Å². The molecule has 1 N–H and O–H groups in total. The summed E-state index contributed by atoms with van der Waals surface area (Å²) in [5.41, 5.74) is 1.55. The first-order chi connectivity index (χ1) is 15.8. The van der Waals surface area contributed by atoms with Crippen LogP contribution >= 0.6 is 0 Å². The van der Waals surface area contributed by atoms with Crippen molar-refractivity contribution in [1.82, 2.24) is 9.88 Å². The van der Waals surface area contributed by atoms with Crippen LogP contribution in [0.4, 0.5) is 11.5 Å². The highest BCUT2D eigenvalue weighted by molar-refractivity contribution is 7.93. The maximum atomic E-state index is 13.1. The van der Waals surface area contributed by atoms with Crippen molar-refractivity contribution in [3.63, 3.8) is 0 Å². The molecule has 9 heteroatoms. The van der Waals surface area contributed by atoms with Crippen LogP contribution in [-0.2, 0) is 19.6 Å². The van der Waals surface area contributed by atoms with Gasteiger partial charge in [0, 0.05) is 30.6 Å². The minimum Gasteiger partial charge on any atom is -0.341 e. The molecule has 170 valence electrons.